The molecule has 0 unspecified atom stereocenters. The van der Waals surface area contributed by atoms with Crippen molar-refractivity contribution >= 4 is 17.5 Å². The summed E-state index contributed by atoms with van der Waals surface area (Å²) in [4.78, 5) is 25.6. The Balaban J connectivity index is 1.42. The van der Waals surface area contributed by atoms with Gasteiger partial charge in [0.1, 0.15) is 11.5 Å². The Bertz CT molecular complexity index is 1080. The molecule has 6 heteroatoms. The Morgan fingerprint density at radius 3 is 2.62 bits per heavy atom. The maximum atomic E-state index is 13.0. The lowest BCUT2D eigenvalue weighted by Gasteiger charge is -2.21. The molecule has 1 heterocycles. The van der Waals surface area contributed by atoms with Gasteiger partial charge in [0.15, 0.2) is 6.10 Å². The summed E-state index contributed by atoms with van der Waals surface area (Å²) in [5.41, 5.74) is 3.51. The summed E-state index contributed by atoms with van der Waals surface area (Å²) in [5, 5.41) is 5.68. The molecule has 3 aromatic rings. The normalized spacial score (nSPS) is 13.7. The lowest BCUT2D eigenvalue weighted by molar-refractivity contribution is -0.122. The molecule has 1 aliphatic rings. The molecular formula is C26H28N2O4. The highest BCUT2D eigenvalue weighted by molar-refractivity contribution is 6.04. The Hall–Kier alpha value is -3.54. The second-order valence-corrected chi connectivity index (χ2v) is 7.95. The van der Waals surface area contributed by atoms with Gasteiger partial charge in [-0.2, -0.15) is 0 Å². The molecule has 32 heavy (non-hydrogen) atoms. The highest BCUT2D eigenvalue weighted by atomic mass is 16.5. The average Bonchev–Trinajstić information content (AvgIpc) is 3.35. The zero-order chi connectivity index (χ0) is 22.3. The van der Waals surface area contributed by atoms with Crippen molar-refractivity contribution in [3.05, 3.63) is 83.3 Å². The fourth-order valence-corrected chi connectivity index (χ4v) is 3.95. The molecule has 166 valence electrons. The number of aryl methyl sites for hydroxylation is 2. The van der Waals surface area contributed by atoms with Gasteiger partial charge < -0.3 is 19.8 Å². The molecular weight excluding hydrogens is 404 g/mol. The number of amides is 2. The number of hydrogen-bond acceptors (Lipinski definition) is 4. The van der Waals surface area contributed by atoms with E-state index in [1.807, 2.05) is 13.0 Å². The summed E-state index contributed by atoms with van der Waals surface area (Å²) in [6.45, 7) is 2.18. The van der Waals surface area contributed by atoms with Gasteiger partial charge >= 0.3 is 0 Å². The number of furan rings is 1. The molecule has 0 saturated heterocycles. The van der Waals surface area contributed by atoms with E-state index in [9.17, 15) is 9.59 Å². The maximum Gasteiger partial charge on any atom is 0.265 e. The van der Waals surface area contributed by atoms with Gasteiger partial charge in [-0.3, -0.25) is 9.59 Å². The van der Waals surface area contributed by atoms with Crippen LogP contribution in [0.3, 0.4) is 0 Å². The van der Waals surface area contributed by atoms with Crippen LogP contribution in [-0.4, -0.2) is 17.9 Å². The summed E-state index contributed by atoms with van der Waals surface area (Å²) in [6.07, 6.45) is 5.98. The molecule has 1 atom stereocenters. The van der Waals surface area contributed by atoms with Crippen LogP contribution in [0.4, 0.5) is 5.69 Å². The molecule has 4 rings (SSSR count). The van der Waals surface area contributed by atoms with E-state index in [1.165, 1.54) is 24.0 Å². The van der Waals surface area contributed by atoms with Crippen molar-refractivity contribution in [3.8, 4) is 5.75 Å². The van der Waals surface area contributed by atoms with Crippen molar-refractivity contribution in [3.63, 3.8) is 0 Å². The van der Waals surface area contributed by atoms with Gasteiger partial charge in [-0.1, -0.05) is 25.1 Å². The van der Waals surface area contributed by atoms with Crippen LogP contribution in [0.1, 0.15) is 53.4 Å². The molecule has 1 aliphatic carbocycles. The highest BCUT2D eigenvalue weighted by Crippen LogP contribution is 2.26. The van der Waals surface area contributed by atoms with Gasteiger partial charge in [-0.15, -0.1) is 0 Å². The standard InChI is InChI=1S/C26H28N2O4/c1-2-24(32-20-14-13-18-8-3-4-9-19(18)16-20)26(30)28-23-12-6-5-11-22(23)25(29)27-17-21-10-7-15-31-21/h5-7,10-16,24H,2-4,8-9,17H2,1H3,(H,27,29)(H,28,30)/t24-/m0/s1. The van der Waals surface area contributed by atoms with Crippen LogP contribution < -0.4 is 15.4 Å². The lowest BCUT2D eigenvalue weighted by Crippen LogP contribution is -2.33. The topological polar surface area (TPSA) is 80.6 Å². The van der Waals surface area contributed by atoms with E-state index in [0.717, 1.165) is 12.8 Å². The SMILES string of the molecule is CC[C@H](Oc1ccc2c(c1)CCCC2)C(=O)Nc1ccccc1C(=O)NCc1ccco1. The third-order valence-corrected chi connectivity index (χ3v) is 5.69. The third kappa shape index (κ3) is 5.19. The van der Waals surface area contributed by atoms with E-state index >= 15 is 0 Å². The van der Waals surface area contributed by atoms with E-state index in [-0.39, 0.29) is 18.4 Å². The number of fused-ring (bicyclic) bond motifs is 1. The average molecular weight is 433 g/mol. The first-order valence-corrected chi connectivity index (χ1v) is 11.1. The predicted molar refractivity (Wildman–Crippen MR) is 123 cm³/mol. The number of benzene rings is 2. The fraction of sp³-hybridized carbons (Fsp3) is 0.308. The number of carbonyl (C=O) groups is 2. The van der Waals surface area contributed by atoms with Crippen LogP contribution in [0.5, 0.6) is 5.75 Å². The highest BCUT2D eigenvalue weighted by Gasteiger charge is 2.22. The predicted octanol–water partition coefficient (Wildman–Crippen LogP) is 4.88. The van der Waals surface area contributed by atoms with Crippen molar-refractivity contribution in [1.29, 1.82) is 0 Å². The van der Waals surface area contributed by atoms with E-state index in [1.54, 1.807) is 42.7 Å². The van der Waals surface area contributed by atoms with Gasteiger partial charge in [0.2, 0.25) is 0 Å². The largest absolute Gasteiger partial charge is 0.481 e. The van der Waals surface area contributed by atoms with Crippen LogP contribution >= 0.6 is 0 Å². The van der Waals surface area contributed by atoms with Crippen LogP contribution in [0.15, 0.2) is 65.3 Å². The van der Waals surface area contributed by atoms with Crippen molar-refractivity contribution in [1.82, 2.24) is 5.32 Å². The molecule has 6 nitrogen and oxygen atoms in total. The number of para-hydroxylation sites is 1. The summed E-state index contributed by atoms with van der Waals surface area (Å²) in [6, 6.07) is 16.6. The molecule has 0 radical (unpaired) electrons. The maximum absolute atomic E-state index is 13.0. The van der Waals surface area contributed by atoms with Crippen molar-refractivity contribution in [2.24, 2.45) is 0 Å². The Kier molecular flexibility index (Phi) is 6.90. The minimum absolute atomic E-state index is 0.271. The van der Waals surface area contributed by atoms with Crippen molar-refractivity contribution in [2.45, 2.75) is 51.7 Å². The van der Waals surface area contributed by atoms with E-state index in [0.29, 0.717) is 29.2 Å². The lowest BCUT2D eigenvalue weighted by atomic mass is 9.92. The van der Waals surface area contributed by atoms with Crippen LogP contribution in [0, 0.1) is 0 Å². The van der Waals surface area contributed by atoms with Gasteiger partial charge in [0.05, 0.1) is 24.1 Å². The molecule has 2 aromatic carbocycles. The summed E-state index contributed by atoms with van der Waals surface area (Å²) < 4.78 is 11.3. The van der Waals surface area contributed by atoms with Crippen LogP contribution in [0.25, 0.3) is 0 Å². The molecule has 1 aromatic heterocycles. The first-order valence-electron chi connectivity index (χ1n) is 11.1. The molecule has 0 bridgehead atoms. The second-order valence-electron chi connectivity index (χ2n) is 7.95. The first kappa shape index (κ1) is 21.7. The summed E-state index contributed by atoms with van der Waals surface area (Å²) in [5.74, 6) is 0.791. The zero-order valence-corrected chi connectivity index (χ0v) is 18.2. The van der Waals surface area contributed by atoms with Gasteiger partial charge in [-0.25, -0.2) is 0 Å². The number of ether oxygens (including phenoxy) is 1. The number of hydrogen-bond donors (Lipinski definition) is 2. The monoisotopic (exact) mass is 432 g/mol. The number of carbonyl (C=O) groups excluding carboxylic acids is 2. The van der Waals surface area contributed by atoms with Gasteiger partial charge in [0, 0.05) is 0 Å². The van der Waals surface area contributed by atoms with Gasteiger partial charge in [0.25, 0.3) is 11.8 Å². The Labute approximate surface area is 188 Å². The minimum atomic E-state index is -0.657. The van der Waals surface area contributed by atoms with Crippen molar-refractivity contribution < 1.29 is 18.7 Å². The molecule has 2 N–H and O–H groups in total. The number of anilines is 1. The third-order valence-electron chi connectivity index (χ3n) is 5.69. The van der Waals surface area contributed by atoms with E-state index in [2.05, 4.69) is 22.8 Å². The molecule has 0 aliphatic heterocycles. The second kappa shape index (κ2) is 10.2. The van der Waals surface area contributed by atoms with Gasteiger partial charge in [-0.05, 0) is 79.6 Å². The molecule has 2 amide bonds. The summed E-state index contributed by atoms with van der Waals surface area (Å²) in [7, 11) is 0. The minimum Gasteiger partial charge on any atom is -0.481 e. The van der Waals surface area contributed by atoms with Crippen molar-refractivity contribution in [2.75, 3.05) is 5.32 Å². The van der Waals surface area contributed by atoms with Crippen LogP contribution in [-0.2, 0) is 24.2 Å². The zero-order valence-electron chi connectivity index (χ0n) is 18.2. The smallest absolute Gasteiger partial charge is 0.265 e. The molecule has 0 fully saturated rings. The number of nitrogens with one attached hydrogen (secondary N) is 2. The fourth-order valence-electron chi connectivity index (χ4n) is 3.95. The first-order chi connectivity index (χ1) is 15.6. The van der Waals surface area contributed by atoms with Crippen LogP contribution in [0.2, 0.25) is 0 Å². The Morgan fingerprint density at radius 2 is 1.84 bits per heavy atom. The molecule has 0 saturated carbocycles. The quantitative estimate of drug-likeness (QED) is 0.531. The number of rotatable bonds is 8. The summed E-state index contributed by atoms with van der Waals surface area (Å²) >= 11 is 0. The van der Waals surface area contributed by atoms with E-state index in [4.69, 9.17) is 9.15 Å². The molecule has 0 spiro atoms. The Morgan fingerprint density at radius 1 is 1.03 bits per heavy atom. The van der Waals surface area contributed by atoms with E-state index < -0.39 is 6.10 Å².